The minimum Gasteiger partial charge on any atom is -0.487 e. The second kappa shape index (κ2) is 9.52. The smallest absolute Gasteiger partial charge is 0.338 e. The van der Waals surface area contributed by atoms with Crippen LogP contribution in [0.4, 0.5) is 17.1 Å². The monoisotopic (exact) mass is 446 g/mol. The molecule has 0 saturated heterocycles. The van der Waals surface area contributed by atoms with E-state index in [0.29, 0.717) is 0 Å². The number of anilines is 2. The first kappa shape index (κ1) is 22.0. The molecule has 0 unspecified atom stereocenters. The van der Waals surface area contributed by atoms with Crippen LogP contribution in [0, 0.1) is 10.1 Å². The minimum absolute atomic E-state index is 0.0328. The molecule has 1 aliphatic rings. The molecule has 1 heterocycles. The highest BCUT2D eigenvalue weighted by atomic mass is 16.6. The first-order valence-corrected chi connectivity index (χ1v) is 10.6. The Morgan fingerprint density at radius 3 is 2.15 bits per heavy atom. The van der Waals surface area contributed by atoms with Crippen LogP contribution in [0.2, 0.25) is 0 Å². The Kier molecular flexibility index (Phi) is 6.35. The SMILES string of the molecule is CCOc1ccc(C(=O)OCC(=O)N2c3ccccc3CCc3ccccc32)cc1[N+](=O)[O-]. The quantitative estimate of drug-likeness (QED) is 0.311. The van der Waals surface area contributed by atoms with Gasteiger partial charge < -0.3 is 9.47 Å². The van der Waals surface area contributed by atoms with Crippen LogP contribution in [-0.4, -0.2) is 30.0 Å². The predicted molar refractivity (Wildman–Crippen MR) is 122 cm³/mol. The van der Waals surface area contributed by atoms with Gasteiger partial charge in [-0.2, -0.15) is 0 Å². The fraction of sp³-hybridized carbons (Fsp3) is 0.200. The lowest BCUT2D eigenvalue weighted by Crippen LogP contribution is -2.31. The summed E-state index contributed by atoms with van der Waals surface area (Å²) in [5.74, 6) is -1.18. The first-order valence-electron chi connectivity index (χ1n) is 10.6. The van der Waals surface area contributed by atoms with E-state index in [1.165, 1.54) is 12.1 Å². The van der Waals surface area contributed by atoms with Crippen molar-refractivity contribution in [3.63, 3.8) is 0 Å². The van der Waals surface area contributed by atoms with Crippen LogP contribution in [0.25, 0.3) is 0 Å². The van der Waals surface area contributed by atoms with Crippen LogP contribution in [0.3, 0.4) is 0 Å². The summed E-state index contributed by atoms with van der Waals surface area (Å²) in [4.78, 5) is 38.1. The molecule has 33 heavy (non-hydrogen) atoms. The maximum atomic E-state index is 13.2. The van der Waals surface area contributed by atoms with Gasteiger partial charge in [-0.15, -0.1) is 0 Å². The van der Waals surface area contributed by atoms with E-state index in [9.17, 15) is 19.7 Å². The van der Waals surface area contributed by atoms with Gasteiger partial charge in [-0.3, -0.25) is 19.8 Å². The van der Waals surface area contributed by atoms with Crippen LogP contribution in [0.1, 0.15) is 28.4 Å². The van der Waals surface area contributed by atoms with Crippen LogP contribution in [0.5, 0.6) is 5.75 Å². The van der Waals surface area contributed by atoms with Crippen molar-refractivity contribution in [2.24, 2.45) is 0 Å². The normalized spacial score (nSPS) is 12.2. The molecule has 4 rings (SSSR count). The number of nitro groups is 1. The highest BCUT2D eigenvalue weighted by Gasteiger charge is 2.27. The number of rotatable bonds is 6. The lowest BCUT2D eigenvalue weighted by atomic mass is 10.0. The van der Waals surface area contributed by atoms with Gasteiger partial charge in [-0.1, -0.05) is 36.4 Å². The summed E-state index contributed by atoms with van der Waals surface area (Å²) in [6.07, 6.45) is 1.57. The van der Waals surface area contributed by atoms with Gasteiger partial charge in [0.2, 0.25) is 0 Å². The van der Waals surface area contributed by atoms with Gasteiger partial charge in [-0.25, -0.2) is 4.79 Å². The number of amides is 1. The summed E-state index contributed by atoms with van der Waals surface area (Å²) in [5.41, 5.74) is 3.18. The summed E-state index contributed by atoms with van der Waals surface area (Å²) < 4.78 is 10.5. The van der Waals surface area contributed by atoms with Gasteiger partial charge in [0.15, 0.2) is 12.4 Å². The van der Waals surface area contributed by atoms with Gasteiger partial charge in [0.1, 0.15) is 0 Å². The summed E-state index contributed by atoms with van der Waals surface area (Å²) in [5, 5.41) is 11.3. The number of fused-ring (bicyclic) bond motifs is 2. The maximum Gasteiger partial charge on any atom is 0.338 e. The number of nitro benzene ring substituents is 1. The lowest BCUT2D eigenvalue weighted by Gasteiger charge is -2.24. The van der Waals surface area contributed by atoms with Crippen molar-refractivity contribution in [1.29, 1.82) is 0 Å². The van der Waals surface area contributed by atoms with Crippen molar-refractivity contribution in [2.45, 2.75) is 19.8 Å². The molecule has 1 amide bonds. The Morgan fingerprint density at radius 2 is 1.58 bits per heavy atom. The number of carbonyl (C=O) groups is 2. The maximum absolute atomic E-state index is 13.2. The molecule has 0 aromatic heterocycles. The molecular formula is C25H22N2O6. The second-order valence-corrected chi connectivity index (χ2v) is 7.44. The first-order chi connectivity index (χ1) is 16.0. The van der Waals surface area contributed by atoms with Gasteiger partial charge in [0.25, 0.3) is 5.91 Å². The van der Waals surface area contributed by atoms with E-state index in [1.807, 2.05) is 48.5 Å². The molecule has 8 nitrogen and oxygen atoms in total. The third-order valence-electron chi connectivity index (χ3n) is 5.40. The van der Waals surface area contributed by atoms with E-state index >= 15 is 0 Å². The van der Waals surface area contributed by atoms with Crippen LogP contribution < -0.4 is 9.64 Å². The van der Waals surface area contributed by atoms with Crippen molar-refractivity contribution >= 4 is 28.9 Å². The van der Waals surface area contributed by atoms with Crippen molar-refractivity contribution in [3.8, 4) is 5.75 Å². The zero-order chi connectivity index (χ0) is 23.4. The zero-order valence-electron chi connectivity index (χ0n) is 18.0. The molecule has 3 aromatic rings. The number of hydrogen-bond donors (Lipinski definition) is 0. The molecule has 0 aliphatic carbocycles. The summed E-state index contributed by atoms with van der Waals surface area (Å²) >= 11 is 0. The number of hydrogen-bond acceptors (Lipinski definition) is 6. The van der Waals surface area contributed by atoms with Gasteiger partial charge in [0, 0.05) is 6.07 Å². The number of aryl methyl sites for hydroxylation is 2. The number of esters is 1. The molecule has 0 radical (unpaired) electrons. The molecule has 1 aliphatic heterocycles. The number of benzene rings is 3. The van der Waals surface area contributed by atoms with E-state index in [1.54, 1.807) is 11.8 Å². The molecule has 0 fully saturated rings. The number of nitrogens with zero attached hydrogens (tertiary/aromatic N) is 2. The topological polar surface area (TPSA) is 99.0 Å². The molecule has 0 saturated carbocycles. The Hall–Kier alpha value is -4.20. The summed E-state index contributed by atoms with van der Waals surface area (Å²) in [6.45, 7) is 1.44. The molecule has 168 valence electrons. The fourth-order valence-corrected chi connectivity index (χ4v) is 3.89. The summed E-state index contributed by atoms with van der Waals surface area (Å²) in [6, 6.07) is 19.1. The van der Waals surface area contributed by atoms with Crippen LogP contribution in [0.15, 0.2) is 66.7 Å². The van der Waals surface area contributed by atoms with E-state index in [-0.39, 0.29) is 23.6 Å². The second-order valence-electron chi connectivity index (χ2n) is 7.44. The Balaban J connectivity index is 1.57. The van der Waals surface area contributed by atoms with Crippen molar-refractivity contribution in [3.05, 3.63) is 93.5 Å². The number of carbonyl (C=O) groups excluding carboxylic acids is 2. The van der Waals surface area contributed by atoms with E-state index in [4.69, 9.17) is 9.47 Å². The van der Waals surface area contributed by atoms with Crippen LogP contribution >= 0.6 is 0 Å². The highest BCUT2D eigenvalue weighted by Crippen LogP contribution is 2.36. The van der Waals surface area contributed by atoms with Crippen molar-refractivity contribution in [1.82, 2.24) is 0 Å². The molecule has 0 bridgehead atoms. The molecule has 0 atom stereocenters. The Morgan fingerprint density at radius 1 is 0.970 bits per heavy atom. The molecule has 0 spiro atoms. The predicted octanol–water partition coefficient (Wildman–Crippen LogP) is 4.61. The largest absolute Gasteiger partial charge is 0.487 e. The number of ether oxygens (including phenoxy) is 2. The van der Waals surface area contributed by atoms with E-state index in [0.717, 1.165) is 41.4 Å². The highest BCUT2D eigenvalue weighted by molar-refractivity contribution is 6.04. The molecule has 0 N–H and O–H groups in total. The molecule has 3 aromatic carbocycles. The van der Waals surface area contributed by atoms with E-state index < -0.39 is 23.4 Å². The van der Waals surface area contributed by atoms with Gasteiger partial charge >= 0.3 is 11.7 Å². The molecule has 8 heteroatoms. The Bertz CT molecular complexity index is 1180. The zero-order valence-corrected chi connectivity index (χ0v) is 18.0. The third kappa shape index (κ3) is 4.55. The van der Waals surface area contributed by atoms with Gasteiger partial charge in [-0.05, 0) is 55.2 Å². The average molecular weight is 446 g/mol. The number of para-hydroxylation sites is 2. The lowest BCUT2D eigenvalue weighted by molar-refractivity contribution is -0.385. The van der Waals surface area contributed by atoms with Crippen molar-refractivity contribution in [2.75, 3.05) is 18.1 Å². The standard InChI is InChI=1S/C25H22N2O6/c1-2-32-23-14-13-19(15-22(23)27(30)31)25(29)33-16-24(28)26-20-9-5-3-7-17(20)11-12-18-8-4-6-10-21(18)26/h3-10,13-15H,2,11-12,16H2,1H3. The molecular weight excluding hydrogens is 424 g/mol. The van der Waals surface area contributed by atoms with Gasteiger partial charge in [0.05, 0.1) is 28.5 Å². The average Bonchev–Trinajstić information content (AvgIpc) is 2.99. The van der Waals surface area contributed by atoms with E-state index in [2.05, 4.69) is 0 Å². The van der Waals surface area contributed by atoms with Crippen molar-refractivity contribution < 1.29 is 24.0 Å². The fourth-order valence-electron chi connectivity index (χ4n) is 3.89. The van der Waals surface area contributed by atoms with Crippen LogP contribution in [-0.2, 0) is 22.4 Å². The minimum atomic E-state index is -0.828. The summed E-state index contributed by atoms with van der Waals surface area (Å²) in [7, 11) is 0. The Labute approximate surface area is 190 Å². The third-order valence-corrected chi connectivity index (χ3v) is 5.40.